The number of ether oxygens (including phenoxy) is 1. The van der Waals surface area contributed by atoms with Crippen molar-refractivity contribution >= 4 is 22.0 Å². The summed E-state index contributed by atoms with van der Waals surface area (Å²) >= 11 is 3.24. The van der Waals surface area contributed by atoms with E-state index in [0.717, 1.165) is 0 Å². The second kappa shape index (κ2) is 7.45. The van der Waals surface area contributed by atoms with Crippen LogP contribution in [0.1, 0.15) is 32.3 Å². The lowest BCUT2D eigenvalue weighted by Gasteiger charge is -2.26. The van der Waals surface area contributed by atoms with Crippen LogP contribution in [0.3, 0.4) is 0 Å². The van der Waals surface area contributed by atoms with Crippen LogP contribution in [0.15, 0.2) is 35.2 Å². The topological polar surface area (TPSA) is 81.1 Å². The molecular weight excluding hydrogens is 362 g/mol. The zero-order valence-corrected chi connectivity index (χ0v) is 14.8. The molecule has 0 spiro atoms. The molecule has 2 aromatic heterocycles. The van der Waals surface area contributed by atoms with Gasteiger partial charge in [0.15, 0.2) is 0 Å². The van der Waals surface area contributed by atoms with Gasteiger partial charge in [0.1, 0.15) is 16.0 Å². The lowest BCUT2D eigenvalue weighted by atomic mass is 10.2. The van der Waals surface area contributed by atoms with E-state index in [-0.39, 0.29) is 13.1 Å². The Morgan fingerprint density at radius 3 is 2.43 bits per heavy atom. The van der Waals surface area contributed by atoms with E-state index in [2.05, 4.69) is 36.1 Å². The molecular formula is C15H18BrN5O2. The van der Waals surface area contributed by atoms with Crippen LogP contribution in [0.5, 0.6) is 0 Å². The molecule has 0 aliphatic heterocycles. The minimum Gasteiger partial charge on any atom is -0.444 e. The predicted octanol–water partition coefficient (Wildman–Crippen LogP) is 2.97. The van der Waals surface area contributed by atoms with Gasteiger partial charge in [-0.05, 0) is 54.9 Å². The number of rotatable bonds is 4. The Morgan fingerprint density at radius 2 is 1.87 bits per heavy atom. The number of carbonyl (C=O) groups excluding carboxylic acids is 1. The summed E-state index contributed by atoms with van der Waals surface area (Å²) in [6.45, 7) is 5.95. The first-order chi connectivity index (χ1) is 10.8. The van der Waals surface area contributed by atoms with Crippen molar-refractivity contribution in [2.24, 2.45) is 0 Å². The quantitative estimate of drug-likeness (QED) is 0.811. The Hall–Kier alpha value is -2.09. The molecule has 0 aliphatic rings. The van der Waals surface area contributed by atoms with E-state index in [1.807, 2.05) is 20.8 Å². The van der Waals surface area contributed by atoms with Gasteiger partial charge in [0.05, 0.1) is 18.8 Å². The van der Waals surface area contributed by atoms with E-state index >= 15 is 0 Å². The largest absolute Gasteiger partial charge is 0.444 e. The first-order valence-corrected chi connectivity index (χ1v) is 7.85. The molecule has 0 radical (unpaired) electrons. The maximum Gasteiger partial charge on any atom is 0.411 e. The predicted molar refractivity (Wildman–Crippen MR) is 87.2 cm³/mol. The molecule has 0 saturated carbocycles. The minimum atomic E-state index is -0.585. The summed E-state index contributed by atoms with van der Waals surface area (Å²) in [6, 6.07) is 5.29. The third-order valence-electron chi connectivity index (χ3n) is 2.64. The first-order valence-electron chi connectivity index (χ1n) is 7.05. The average molecular weight is 380 g/mol. The minimum absolute atomic E-state index is 0.230. The van der Waals surface area contributed by atoms with E-state index in [9.17, 15) is 4.79 Å². The molecule has 7 nitrogen and oxygen atoms in total. The van der Waals surface area contributed by atoms with E-state index in [1.165, 1.54) is 4.90 Å². The zero-order valence-electron chi connectivity index (χ0n) is 13.2. The van der Waals surface area contributed by atoms with Crippen molar-refractivity contribution in [2.45, 2.75) is 39.5 Å². The van der Waals surface area contributed by atoms with Crippen molar-refractivity contribution in [1.82, 2.24) is 25.1 Å². The number of aromatic nitrogens is 4. The Balaban J connectivity index is 2.16. The van der Waals surface area contributed by atoms with Crippen LogP contribution in [-0.4, -0.2) is 36.8 Å². The molecule has 1 amide bonds. The summed E-state index contributed by atoms with van der Waals surface area (Å²) in [6.07, 6.45) is 2.82. The molecule has 23 heavy (non-hydrogen) atoms. The summed E-state index contributed by atoms with van der Waals surface area (Å²) in [5, 5.41) is 7.98. The molecule has 0 fully saturated rings. The van der Waals surface area contributed by atoms with E-state index in [0.29, 0.717) is 16.1 Å². The van der Waals surface area contributed by atoms with Crippen molar-refractivity contribution in [3.8, 4) is 0 Å². The molecule has 0 saturated heterocycles. The Bertz CT molecular complexity index is 643. The lowest BCUT2D eigenvalue weighted by molar-refractivity contribution is 0.0208. The maximum atomic E-state index is 12.4. The summed E-state index contributed by atoms with van der Waals surface area (Å²) in [5.41, 5.74) is 0.0631. The smallest absolute Gasteiger partial charge is 0.411 e. The van der Waals surface area contributed by atoms with Crippen LogP contribution >= 0.6 is 15.9 Å². The molecule has 0 bridgehead atoms. The summed E-state index contributed by atoms with van der Waals surface area (Å²) in [7, 11) is 0. The van der Waals surface area contributed by atoms with Crippen molar-refractivity contribution in [3.63, 3.8) is 0 Å². The molecule has 122 valence electrons. The van der Waals surface area contributed by atoms with Crippen LogP contribution in [-0.2, 0) is 17.8 Å². The third-order valence-corrected chi connectivity index (χ3v) is 3.07. The highest BCUT2D eigenvalue weighted by molar-refractivity contribution is 9.10. The van der Waals surface area contributed by atoms with E-state index < -0.39 is 11.7 Å². The molecule has 2 heterocycles. The zero-order chi connectivity index (χ0) is 16.9. The number of nitrogens with zero attached hydrogens (tertiary/aromatic N) is 5. The fraction of sp³-hybridized carbons (Fsp3) is 0.400. The number of halogens is 1. The Kier molecular flexibility index (Phi) is 5.59. The molecule has 0 aromatic carbocycles. The Labute approximate surface area is 143 Å². The van der Waals surface area contributed by atoms with Crippen LogP contribution in [0.25, 0.3) is 0 Å². The highest BCUT2D eigenvalue weighted by atomic mass is 79.9. The van der Waals surface area contributed by atoms with Crippen molar-refractivity contribution in [1.29, 1.82) is 0 Å². The van der Waals surface area contributed by atoms with Gasteiger partial charge in [0.2, 0.25) is 0 Å². The van der Waals surface area contributed by atoms with E-state index in [1.54, 1.807) is 30.6 Å². The SMILES string of the molecule is CC(C)(C)OC(=O)N(Cc1ccc(Br)nn1)Cc1ncccn1. The van der Waals surface area contributed by atoms with Gasteiger partial charge in [-0.1, -0.05) is 0 Å². The highest BCUT2D eigenvalue weighted by Crippen LogP contribution is 2.14. The van der Waals surface area contributed by atoms with Crippen LogP contribution in [0.2, 0.25) is 0 Å². The second-order valence-corrected chi connectivity index (χ2v) is 6.66. The fourth-order valence-corrected chi connectivity index (χ4v) is 1.93. The van der Waals surface area contributed by atoms with Gasteiger partial charge in [-0.2, -0.15) is 5.10 Å². The maximum absolute atomic E-state index is 12.4. The summed E-state index contributed by atoms with van der Waals surface area (Å²) < 4.78 is 6.08. The molecule has 2 rings (SSSR count). The highest BCUT2D eigenvalue weighted by Gasteiger charge is 2.23. The van der Waals surface area contributed by atoms with Gasteiger partial charge < -0.3 is 4.74 Å². The van der Waals surface area contributed by atoms with Gasteiger partial charge in [0, 0.05) is 12.4 Å². The molecule has 0 atom stereocenters. The second-order valence-electron chi connectivity index (χ2n) is 5.85. The summed E-state index contributed by atoms with van der Waals surface area (Å²) in [4.78, 5) is 22.2. The van der Waals surface area contributed by atoms with Crippen LogP contribution in [0.4, 0.5) is 4.79 Å². The monoisotopic (exact) mass is 379 g/mol. The van der Waals surface area contributed by atoms with Gasteiger partial charge in [-0.25, -0.2) is 14.8 Å². The number of hydrogen-bond donors (Lipinski definition) is 0. The first kappa shape index (κ1) is 17.3. The van der Waals surface area contributed by atoms with Gasteiger partial charge >= 0.3 is 6.09 Å². The molecule has 0 aliphatic carbocycles. The van der Waals surface area contributed by atoms with Crippen LogP contribution < -0.4 is 0 Å². The lowest BCUT2D eigenvalue weighted by Crippen LogP contribution is -2.36. The van der Waals surface area contributed by atoms with E-state index in [4.69, 9.17) is 4.74 Å². The Morgan fingerprint density at radius 1 is 1.17 bits per heavy atom. The van der Waals surface area contributed by atoms with Crippen LogP contribution in [0, 0.1) is 0 Å². The molecule has 0 N–H and O–H groups in total. The van der Waals surface area contributed by atoms with Gasteiger partial charge in [0.25, 0.3) is 0 Å². The number of hydrogen-bond acceptors (Lipinski definition) is 6. The standard InChI is InChI=1S/C15H18BrN5O2/c1-15(2,3)23-14(22)21(10-13-17-7-4-8-18-13)9-11-5-6-12(16)20-19-11/h4-8H,9-10H2,1-3H3. The summed E-state index contributed by atoms with van der Waals surface area (Å²) in [5.74, 6) is 0.531. The molecule has 2 aromatic rings. The molecule has 0 unspecified atom stereocenters. The fourth-order valence-electron chi connectivity index (χ4n) is 1.72. The van der Waals surface area contributed by atoms with Crippen molar-refractivity contribution in [3.05, 3.63) is 46.7 Å². The van der Waals surface area contributed by atoms with Crippen molar-refractivity contribution in [2.75, 3.05) is 0 Å². The van der Waals surface area contributed by atoms with Gasteiger partial charge in [-0.15, -0.1) is 5.10 Å². The third kappa shape index (κ3) is 5.90. The molecule has 8 heteroatoms. The number of carbonyl (C=O) groups is 1. The normalized spacial score (nSPS) is 11.1. The number of amides is 1. The van der Waals surface area contributed by atoms with Gasteiger partial charge in [-0.3, -0.25) is 4.90 Å². The van der Waals surface area contributed by atoms with Crippen molar-refractivity contribution < 1.29 is 9.53 Å². The average Bonchev–Trinajstić information content (AvgIpc) is 2.48.